The lowest BCUT2D eigenvalue weighted by molar-refractivity contribution is -0.110. The number of rotatable bonds is 2. The van der Waals surface area contributed by atoms with Crippen molar-refractivity contribution in [1.29, 1.82) is 0 Å². The molecule has 0 N–H and O–H groups in total. The second-order valence-electron chi connectivity index (χ2n) is 9.36. The fourth-order valence-corrected chi connectivity index (χ4v) is 4.16. The summed E-state index contributed by atoms with van der Waals surface area (Å²) in [4.78, 5) is 11.5. The Morgan fingerprint density at radius 2 is 1.86 bits per heavy atom. The van der Waals surface area contributed by atoms with Gasteiger partial charge in [0.25, 0.3) is 0 Å². The second-order valence-corrected chi connectivity index (χ2v) is 9.36. The lowest BCUT2D eigenvalue weighted by Crippen LogP contribution is -2.35. The van der Waals surface area contributed by atoms with Crippen molar-refractivity contribution in [3.63, 3.8) is 0 Å². The van der Waals surface area contributed by atoms with Crippen LogP contribution in [0.15, 0.2) is 23.8 Å². The summed E-state index contributed by atoms with van der Waals surface area (Å²) in [5, 5.41) is 0. The van der Waals surface area contributed by atoms with Crippen LogP contribution >= 0.6 is 0 Å². The Morgan fingerprint density at radius 3 is 2.43 bits per heavy atom. The smallest absolute Gasteiger partial charge is 0.178 e. The highest BCUT2D eigenvalue weighted by Crippen LogP contribution is 2.48. The van der Waals surface area contributed by atoms with Gasteiger partial charge in [-0.25, -0.2) is 0 Å². The SMILES string of the molecule is CC(C)(C)CC(C1CCC2=CC(=O)C=CC2C1)C(C)(C)C. The highest BCUT2D eigenvalue weighted by Gasteiger charge is 2.38. The first-order valence-electron chi connectivity index (χ1n) is 8.49. The molecule has 118 valence electrons. The van der Waals surface area contributed by atoms with Crippen LogP contribution in [0.5, 0.6) is 0 Å². The number of fused-ring (bicyclic) bond motifs is 1. The number of allylic oxidation sites excluding steroid dienone is 4. The van der Waals surface area contributed by atoms with Gasteiger partial charge < -0.3 is 0 Å². The Kier molecular flexibility index (Phi) is 4.52. The van der Waals surface area contributed by atoms with E-state index < -0.39 is 0 Å². The van der Waals surface area contributed by atoms with E-state index in [0.717, 1.165) is 18.3 Å². The van der Waals surface area contributed by atoms with E-state index in [1.165, 1.54) is 24.8 Å². The van der Waals surface area contributed by atoms with E-state index in [9.17, 15) is 4.79 Å². The quantitative estimate of drug-likeness (QED) is 0.649. The lowest BCUT2D eigenvalue weighted by Gasteiger charge is -2.44. The predicted octanol–water partition coefficient (Wildman–Crippen LogP) is 5.57. The molecule has 0 heterocycles. The summed E-state index contributed by atoms with van der Waals surface area (Å²) in [6, 6.07) is 0. The van der Waals surface area contributed by atoms with Crippen molar-refractivity contribution in [3.05, 3.63) is 23.8 Å². The minimum Gasteiger partial charge on any atom is -0.290 e. The fraction of sp³-hybridized carbons (Fsp3) is 0.750. The third kappa shape index (κ3) is 4.31. The zero-order valence-corrected chi connectivity index (χ0v) is 14.7. The highest BCUT2D eigenvalue weighted by molar-refractivity contribution is 6.00. The van der Waals surface area contributed by atoms with Gasteiger partial charge in [-0.1, -0.05) is 53.2 Å². The second kappa shape index (κ2) is 5.74. The molecule has 3 unspecified atom stereocenters. The van der Waals surface area contributed by atoms with Gasteiger partial charge in [0.1, 0.15) is 0 Å². The van der Waals surface area contributed by atoms with Gasteiger partial charge >= 0.3 is 0 Å². The molecule has 0 saturated heterocycles. The first-order valence-corrected chi connectivity index (χ1v) is 8.49. The van der Waals surface area contributed by atoms with Crippen LogP contribution in [0.25, 0.3) is 0 Å². The fourth-order valence-electron chi connectivity index (χ4n) is 4.16. The van der Waals surface area contributed by atoms with Crippen LogP contribution in [0.1, 0.15) is 67.2 Å². The van der Waals surface area contributed by atoms with Gasteiger partial charge in [-0.2, -0.15) is 0 Å². The zero-order chi connectivity index (χ0) is 15.8. The van der Waals surface area contributed by atoms with Crippen LogP contribution in [0.4, 0.5) is 0 Å². The third-order valence-corrected chi connectivity index (χ3v) is 5.17. The summed E-state index contributed by atoms with van der Waals surface area (Å²) in [6.45, 7) is 14.3. The Morgan fingerprint density at radius 1 is 1.19 bits per heavy atom. The van der Waals surface area contributed by atoms with Gasteiger partial charge in [0, 0.05) is 0 Å². The Labute approximate surface area is 130 Å². The van der Waals surface area contributed by atoms with E-state index in [-0.39, 0.29) is 5.78 Å². The van der Waals surface area contributed by atoms with Crippen molar-refractivity contribution in [3.8, 4) is 0 Å². The average Bonchev–Trinajstić information content (AvgIpc) is 2.33. The number of ketones is 1. The summed E-state index contributed by atoms with van der Waals surface area (Å²) in [5.41, 5.74) is 2.11. The molecule has 1 heteroatoms. The van der Waals surface area contributed by atoms with Gasteiger partial charge in [-0.3, -0.25) is 4.79 Å². The maximum Gasteiger partial charge on any atom is 0.178 e. The third-order valence-electron chi connectivity index (χ3n) is 5.17. The van der Waals surface area contributed by atoms with Crippen LogP contribution in [-0.2, 0) is 4.79 Å². The van der Waals surface area contributed by atoms with E-state index in [4.69, 9.17) is 0 Å². The van der Waals surface area contributed by atoms with E-state index in [0.29, 0.717) is 16.7 Å². The van der Waals surface area contributed by atoms with E-state index in [2.05, 4.69) is 47.6 Å². The highest BCUT2D eigenvalue weighted by atomic mass is 16.1. The number of hydrogen-bond acceptors (Lipinski definition) is 1. The summed E-state index contributed by atoms with van der Waals surface area (Å²) in [7, 11) is 0. The molecule has 2 rings (SSSR count). The Balaban J connectivity index is 2.14. The van der Waals surface area contributed by atoms with Crippen LogP contribution in [0.2, 0.25) is 0 Å². The normalized spacial score (nSPS) is 28.1. The van der Waals surface area contributed by atoms with Crippen molar-refractivity contribution in [2.24, 2.45) is 28.6 Å². The minimum absolute atomic E-state index is 0.182. The summed E-state index contributed by atoms with van der Waals surface area (Å²) < 4.78 is 0. The van der Waals surface area contributed by atoms with Gasteiger partial charge in [-0.05, 0) is 66.4 Å². The molecule has 3 atom stereocenters. The topological polar surface area (TPSA) is 17.1 Å². The molecule has 0 amide bonds. The standard InChI is InChI=1S/C20H32O/c1-19(2,3)13-18(20(4,5)6)16-8-7-15-12-17(21)10-9-14(15)11-16/h9-10,12,14,16,18H,7-8,11,13H2,1-6H3. The van der Waals surface area contributed by atoms with Crippen LogP contribution in [0, 0.1) is 28.6 Å². The summed E-state index contributed by atoms with van der Waals surface area (Å²) in [6.07, 6.45) is 10.7. The number of hydrogen-bond donors (Lipinski definition) is 0. The van der Waals surface area contributed by atoms with Crippen LogP contribution in [-0.4, -0.2) is 5.78 Å². The van der Waals surface area contributed by atoms with E-state index >= 15 is 0 Å². The predicted molar refractivity (Wildman–Crippen MR) is 90.1 cm³/mol. The van der Waals surface area contributed by atoms with Crippen LogP contribution < -0.4 is 0 Å². The summed E-state index contributed by atoms with van der Waals surface area (Å²) in [5.74, 6) is 2.24. The first kappa shape index (κ1) is 16.5. The molecule has 2 aliphatic rings. The number of carbonyl (C=O) groups excluding carboxylic acids is 1. The molecule has 0 radical (unpaired) electrons. The number of carbonyl (C=O) groups is 1. The largest absolute Gasteiger partial charge is 0.290 e. The van der Waals surface area contributed by atoms with Gasteiger partial charge in [-0.15, -0.1) is 0 Å². The first-order chi connectivity index (χ1) is 9.56. The molecule has 0 aliphatic heterocycles. The maximum atomic E-state index is 11.5. The molecular formula is C20H32O. The molecule has 0 aromatic carbocycles. The molecule has 21 heavy (non-hydrogen) atoms. The minimum atomic E-state index is 0.182. The summed E-state index contributed by atoms with van der Waals surface area (Å²) >= 11 is 0. The van der Waals surface area contributed by atoms with Crippen molar-refractivity contribution < 1.29 is 4.79 Å². The van der Waals surface area contributed by atoms with Gasteiger partial charge in [0.05, 0.1) is 0 Å². The van der Waals surface area contributed by atoms with Gasteiger partial charge in [0.15, 0.2) is 5.78 Å². The monoisotopic (exact) mass is 288 g/mol. The zero-order valence-electron chi connectivity index (χ0n) is 14.7. The molecule has 0 aromatic heterocycles. The molecule has 1 nitrogen and oxygen atoms in total. The molecular weight excluding hydrogens is 256 g/mol. The molecule has 0 bridgehead atoms. The molecule has 1 saturated carbocycles. The molecule has 0 aromatic rings. The average molecular weight is 288 g/mol. The molecule has 2 aliphatic carbocycles. The van der Waals surface area contributed by atoms with Crippen molar-refractivity contribution >= 4 is 5.78 Å². The van der Waals surface area contributed by atoms with Crippen molar-refractivity contribution in [1.82, 2.24) is 0 Å². The lowest BCUT2D eigenvalue weighted by atomic mass is 9.61. The van der Waals surface area contributed by atoms with E-state index in [1.54, 1.807) is 6.08 Å². The Hall–Kier alpha value is -0.850. The van der Waals surface area contributed by atoms with E-state index in [1.807, 2.05) is 6.08 Å². The van der Waals surface area contributed by atoms with Crippen molar-refractivity contribution in [2.75, 3.05) is 0 Å². The van der Waals surface area contributed by atoms with Gasteiger partial charge in [0.2, 0.25) is 0 Å². The molecule has 1 fully saturated rings. The molecule has 0 spiro atoms. The Bertz CT molecular complexity index is 453. The van der Waals surface area contributed by atoms with Crippen molar-refractivity contribution in [2.45, 2.75) is 67.2 Å². The maximum absolute atomic E-state index is 11.5. The van der Waals surface area contributed by atoms with Crippen LogP contribution in [0.3, 0.4) is 0 Å².